The van der Waals surface area contributed by atoms with Crippen LogP contribution in [0.25, 0.3) is 0 Å². The van der Waals surface area contributed by atoms with Gasteiger partial charge in [-0.25, -0.2) is 0 Å². The second-order valence-corrected chi connectivity index (χ2v) is 4.43. The monoisotopic (exact) mass is 213 g/mol. The minimum Gasteiger partial charge on any atom is -0.481 e. The molecule has 1 N–H and O–H groups in total. The first-order valence-corrected chi connectivity index (χ1v) is 5.50. The van der Waals surface area contributed by atoms with Crippen LogP contribution in [0.15, 0.2) is 0 Å². The van der Waals surface area contributed by atoms with E-state index in [1.54, 1.807) is 0 Å². The van der Waals surface area contributed by atoms with Crippen molar-refractivity contribution < 1.29 is 14.7 Å². The van der Waals surface area contributed by atoms with E-state index in [4.69, 9.17) is 5.11 Å². The smallest absolute Gasteiger partial charge is 0.303 e. The molecule has 0 aromatic heterocycles. The molecular formula is C11H19NO3. The second-order valence-electron chi connectivity index (χ2n) is 4.43. The van der Waals surface area contributed by atoms with Crippen LogP contribution in [0.4, 0.5) is 0 Å². The summed E-state index contributed by atoms with van der Waals surface area (Å²) in [4.78, 5) is 24.2. The quantitative estimate of drug-likeness (QED) is 0.769. The molecule has 1 heterocycles. The van der Waals surface area contributed by atoms with E-state index >= 15 is 0 Å². The molecule has 0 aliphatic carbocycles. The van der Waals surface area contributed by atoms with Crippen molar-refractivity contribution in [2.24, 2.45) is 5.92 Å². The van der Waals surface area contributed by atoms with Gasteiger partial charge in [0.05, 0.1) is 6.42 Å². The molecule has 0 aromatic carbocycles. The van der Waals surface area contributed by atoms with E-state index in [0.717, 1.165) is 6.42 Å². The fraction of sp³-hybridized carbons (Fsp3) is 0.818. The van der Waals surface area contributed by atoms with Gasteiger partial charge in [0.15, 0.2) is 0 Å². The van der Waals surface area contributed by atoms with Gasteiger partial charge in [0.1, 0.15) is 0 Å². The summed E-state index contributed by atoms with van der Waals surface area (Å²) in [6.45, 7) is 5.96. The van der Waals surface area contributed by atoms with Gasteiger partial charge in [-0.2, -0.15) is 0 Å². The molecule has 4 heteroatoms. The molecule has 0 bridgehead atoms. The summed E-state index contributed by atoms with van der Waals surface area (Å²) in [5, 5.41) is 8.77. The molecule has 1 aliphatic rings. The first-order valence-electron chi connectivity index (χ1n) is 5.50. The lowest BCUT2D eigenvalue weighted by Gasteiger charge is -2.30. The van der Waals surface area contributed by atoms with Crippen molar-refractivity contribution in [3.05, 3.63) is 0 Å². The van der Waals surface area contributed by atoms with Gasteiger partial charge in [-0.1, -0.05) is 6.92 Å². The van der Waals surface area contributed by atoms with Crippen molar-refractivity contribution in [3.63, 3.8) is 0 Å². The van der Waals surface area contributed by atoms with Crippen LogP contribution in [-0.2, 0) is 9.59 Å². The molecule has 1 fully saturated rings. The zero-order valence-corrected chi connectivity index (χ0v) is 9.56. The Balaban J connectivity index is 2.77. The third-order valence-corrected chi connectivity index (χ3v) is 3.04. The number of rotatable bonds is 4. The predicted octanol–water partition coefficient (Wildman–Crippen LogP) is 1.50. The largest absolute Gasteiger partial charge is 0.481 e. The molecule has 15 heavy (non-hydrogen) atoms. The molecule has 0 radical (unpaired) electrons. The molecule has 86 valence electrons. The highest BCUT2D eigenvalue weighted by Crippen LogP contribution is 2.31. The molecule has 4 nitrogen and oxygen atoms in total. The van der Waals surface area contributed by atoms with Crippen molar-refractivity contribution >= 4 is 11.9 Å². The van der Waals surface area contributed by atoms with E-state index in [1.165, 1.54) is 0 Å². The Hall–Kier alpha value is -1.06. The molecule has 0 unspecified atom stereocenters. The Morgan fingerprint density at radius 1 is 1.60 bits per heavy atom. The maximum Gasteiger partial charge on any atom is 0.303 e. The highest BCUT2D eigenvalue weighted by Gasteiger charge is 2.40. The maximum absolute atomic E-state index is 11.7. The second kappa shape index (κ2) is 4.64. The third-order valence-electron chi connectivity index (χ3n) is 3.04. The number of carboxylic acids is 1. The van der Waals surface area contributed by atoms with Crippen LogP contribution in [0.3, 0.4) is 0 Å². The average molecular weight is 213 g/mol. The van der Waals surface area contributed by atoms with Crippen LogP contribution in [0.5, 0.6) is 0 Å². The predicted molar refractivity (Wildman–Crippen MR) is 56.4 cm³/mol. The highest BCUT2D eigenvalue weighted by molar-refractivity contribution is 5.81. The number of hydrogen-bond donors (Lipinski definition) is 1. The van der Waals surface area contributed by atoms with Gasteiger partial charge in [-0.05, 0) is 26.2 Å². The normalized spacial score (nSPS) is 26.4. The van der Waals surface area contributed by atoms with Gasteiger partial charge in [-0.15, -0.1) is 0 Å². The number of carbonyl (C=O) groups excluding carboxylic acids is 1. The number of amides is 1. The number of hydrogen-bond acceptors (Lipinski definition) is 2. The fourth-order valence-corrected chi connectivity index (χ4v) is 2.51. The Morgan fingerprint density at radius 3 is 2.60 bits per heavy atom. The molecule has 0 aromatic rings. The number of carboxylic acid groups (broad SMARTS) is 1. The van der Waals surface area contributed by atoms with Crippen molar-refractivity contribution in [1.29, 1.82) is 0 Å². The number of likely N-dealkylation sites (tertiary alicyclic amines) is 1. The minimum atomic E-state index is -0.808. The third kappa shape index (κ3) is 2.49. The van der Waals surface area contributed by atoms with E-state index < -0.39 is 5.97 Å². The number of nitrogens with zero attached hydrogens (tertiary/aromatic N) is 1. The first kappa shape index (κ1) is 12.0. The van der Waals surface area contributed by atoms with Crippen molar-refractivity contribution in [2.75, 3.05) is 0 Å². The van der Waals surface area contributed by atoms with Crippen molar-refractivity contribution in [3.8, 4) is 0 Å². The molecule has 2 atom stereocenters. The van der Waals surface area contributed by atoms with E-state index in [-0.39, 0.29) is 30.3 Å². The minimum absolute atomic E-state index is 0.0117. The first-order chi connectivity index (χ1) is 6.97. The summed E-state index contributed by atoms with van der Waals surface area (Å²) in [5.41, 5.74) is 0. The summed E-state index contributed by atoms with van der Waals surface area (Å²) in [5.74, 6) is -0.720. The van der Waals surface area contributed by atoms with E-state index in [1.807, 2.05) is 25.7 Å². The molecule has 1 aliphatic heterocycles. The van der Waals surface area contributed by atoms with Crippen LogP contribution in [-0.4, -0.2) is 34.0 Å². The lowest BCUT2D eigenvalue weighted by Crippen LogP contribution is -2.40. The van der Waals surface area contributed by atoms with E-state index in [2.05, 4.69) is 0 Å². The molecule has 0 saturated carbocycles. The number of aliphatic carboxylic acids is 1. The zero-order valence-electron chi connectivity index (χ0n) is 9.56. The van der Waals surface area contributed by atoms with Crippen LogP contribution in [0.1, 0.15) is 40.0 Å². The topological polar surface area (TPSA) is 57.6 Å². The lowest BCUT2D eigenvalue weighted by atomic mass is 9.94. The number of carbonyl (C=O) groups is 2. The van der Waals surface area contributed by atoms with Crippen LogP contribution in [0.2, 0.25) is 0 Å². The summed E-state index contributed by atoms with van der Waals surface area (Å²) < 4.78 is 0. The van der Waals surface area contributed by atoms with E-state index in [9.17, 15) is 9.59 Å². The Kier molecular flexibility index (Phi) is 3.72. The van der Waals surface area contributed by atoms with Gasteiger partial charge >= 0.3 is 5.97 Å². The van der Waals surface area contributed by atoms with Gasteiger partial charge in [0.25, 0.3) is 0 Å². The van der Waals surface area contributed by atoms with Crippen molar-refractivity contribution in [1.82, 2.24) is 4.90 Å². The molecule has 1 rings (SSSR count). The summed E-state index contributed by atoms with van der Waals surface area (Å²) in [6, 6.07) is 0.273. The Labute approximate surface area is 90.3 Å². The van der Waals surface area contributed by atoms with Crippen LogP contribution in [0, 0.1) is 5.92 Å². The Morgan fingerprint density at radius 2 is 2.20 bits per heavy atom. The zero-order chi connectivity index (χ0) is 11.6. The molecule has 0 spiro atoms. The van der Waals surface area contributed by atoms with Gasteiger partial charge < -0.3 is 10.0 Å². The average Bonchev–Trinajstić information content (AvgIpc) is 2.40. The molecule has 1 saturated heterocycles. The summed E-state index contributed by atoms with van der Waals surface area (Å²) in [6.07, 6.45) is 1.33. The van der Waals surface area contributed by atoms with Gasteiger partial charge in [0, 0.05) is 18.5 Å². The van der Waals surface area contributed by atoms with E-state index in [0.29, 0.717) is 6.42 Å². The summed E-state index contributed by atoms with van der Waals surface area (Å²) >= 11 is 0. The Bertz CT molecular complexity index is 263. The molecular weight excluding hydrogens is 194 g/mol. The summed E-state index contributed by atoms with van der Waals surface area (Å²) in [7, 11) is 0. The maximum atomic E-state index is 11.7. The highest BCUT2D eigenvalue weighted by atomic mass is 16.4. The lowest BCUT2D eigenvalue weighted by molar-refractivity contribution is -0.138. The van der Waals surface area contributed by atoms with Gasteiger partial charge in [-0.3, -0.25) is 9.59 Å². The molecule has 1 amide bonds. The SMILES string of the molecule is CC[C@@H]1[C@@H](CC(=O)O)CC(=O)N1C(C)C. The van der Waals surface area contributed by atoms with Crippen molar-refractivity contribution in [2.45, 2.75) is 52.1 Å². The fourth-order valence-electron chi connectivity index (χ4n) is 2.51. The van der Waals surface area contributed by atoms with Crippen LogP contribution < -0.4 is 0 Å². The van der Waals surface area contributed by atoms with Gasteiger partial charge in [0.2, 0.25) is 5.91 Å². The standard InChI is InChI=1S/C11H19NO3/c1-4-9-8(6-11(14)15)5-10(13)12(9)7(2)3/h7-9H,4-6H2,1-3H3,(H,14,15)/t8-,9-/m1/s1. The van der Waals surface area contributed by atoms with Crippen LogP contribution >= 0.6 is 0 Å².